The third-order valence-electron chi connectivity index (χ3n) is 7.75. The van der Waals surface area contributed by atoms with Gasteiger partial charge in [0.25, 0.3) is 5.91 Å². The molecular weight excluding hydrogens is 522 g/mol. The summed E-state index contributed by atoms with van der Waals surface area (Å²) >= 11 is 0. The first-order valence-electron chi connectivity index (χ1n) is 14.0. The molecule has 6 rings (SSSR count). The van der Waals surface area contributed by atoms with Gasteiger partial charge >= 0.3 is 0 Å². The summed E-state index contributed by atoms with van der Waals surface area (Å²) in [5, 5.41) is 9.02. The Morgan fingerprint density at radius 3 is 2.49 bits per heavy atom. The predicted octanol–water partition coefficient (Wildman–Crippen LogP) is 3.15. The Morgan fingerprint density at radius 2 is 1.73 bits per heavy atom. The van der Waals surface area contributed by atoms with Crippen molar-refractivity contribution >= 4 is 23.4 Å². The molecule has 1 spiro atoms. The molecule has 0 bridgehead atoms. The minimum Gasteiger partial charge on any atom is -0.494 e. The zero-order valence-electron chi connectivity index (χ0n) is 22.8. The van der Waals surface area contributed by atoms with Crippen LogP contribution in [0.1, 0.15) is 29.2 Å². The van der Waals surface area contributed by atoms with Crippen LogP contribution in [-0.2, 0) is 25.5 Å². The second kappa shape index (κ2) is 11.7. The molecule has 2 amide bonds. The highest BCUT2D eigenvalue weighted by Crippen LogP contribution is 2.47. The van der Waals surface area contributed by atoms with Gasteiger partial charge in [-0.3, -0.25) is 9.59 Å². The summed E-state index contributed by atoms with van der Waals surface area (Å²) in [4.78, 5) is 36.3. The number of aliphatic hydroxyl groups excluding tert-OH is 1. The molecule has 3 aliphatic rings. The number of carbonyl (C=O) groups excluding carboxylic acids is 2. The number of aliphatic hydroxyl groups is 1. The van der Waals surface area contributed by atoms with Gasteiger partial charge in [-0.25, -0.2) is 4.99 Å². The number of nitrogens with zero attached hydrogens (tertiary/aromatic N) is 3. The van der Waals surface area contributed by atoms with E-state index in [1.807, 2.05) is 78.9 Å². The van der Waals surface area contributed by atoms with Gasteiger partial charge in [0, 0.05) is 43.8 Å². The number of anilines is 1. The molecule has 9 heteroatoms. The maximum atomic E-state index is 14.6. The van der Waals surface area contributed by atoms with Crippen LogP contribution >= 0.6 is 0 Å². The van der Waals surface area contributed by atoms with Crippen LogP contribution in [0.15, 0.2) is 83.9 Å². The van der Waals surface area contributed by atoms with E-state index in [0.717, 1.165) is 22.4 Å². The van der Waals surface area contributed by atoms with E-state index in [-0.39, 0.29) is 25.0 Å². The number of para-hydroxylation sites is 1. The van der Waals surface area contributed by atoms with E-state index in [1.165, 1.54) is 0 Å². The zero-order valence-corrected chi connectivity index (χ0v) is 22.8. The number of carbonyl (C=O) groups is 2. The van der Waals surface area contributed by atoms with Crippen LogP contribution in [0, 0.1) is 0 Å². The van der Waals surface area contributed by atoms with Crippen molar-refractivity contribution in [3.8, 4) is 5.75 Å². The fourth-order valence-electron chi connectivity index (χ4n) is 5.66. The molecule has 3 heterocycles. The Kier molecular flexibility index (Phi) is 7.71. The lowest BCUT2D eigenvalue weighted by Crippen LogP contribution is -2.58. The molecule has 41 heavy (non-hydrogen) atoms. The van der Waals surface area contributed by atoms with Crippen molar-refractivity contribution in [2.75, 3.05) is 51.0 Å². The molecule has 3 aliphatic heterocycles. The van der Waals surface area contributed by atoms with Crippen LogP contribution < -0.4 is 9.64 Å². The molecule has 1 saturated heterocycles. The molecule has 212 valence electrons. The van der Waals surface area contributed by atoms with Crippen LogP contribution in [0.25, 0.3) is 0 Å². The maximum Gasteiger partial charge on any atom is 0.260 e. The fraction of sp³-hybridized carbons (Fsp3) is 0.344. The number of hydrogen-bond acceptors (Lipinski definition) is 7. The first-order valence-corrected chi connectivity index (χ1v) is 14.0. The molecular formula is C32H33N3O6. The number of rotatable bonds is 8. The van der Waals surface area contributed by atoms with Crippen LogP contribution in [0.3, 0.4) is 0 Å². The number of aliphatic imine (C=N–C) groups is 1. The van der Waals surface area contributed by atoms with Gasteiger partial charge in [-0.05, 0) is 41.5 Å². The second-order valence-corrected chi connectivity index (χ2v) is 10.4. The predicted molar refractivity (Wildman–Crippen MR) is 153 cm³/mol. The highest BCUT2D eigenvalue weighted by atomic mass is 16.5. The number of amides is 2. The molecule has 0 saturated carbocycles. The van der Waals surface area contributed by atoms with Crippen LogP contribution in [0.5, 0.6) is 5.75 Å². The Labute approximate surface area is 239 Å². The summed E-state index contributed by atoms with van der Waals surface area (Å²) in [5.74, 6) is 0.661. The fourth-order valence-corrected chi connectivity index (χ4v) is 5.66. The summed E-state index contributed by atoms with van der Waals surface area (Å²) in [7, 11) is 0. The van der Waals surface area contributed by atoms with Gasteiger partial charge in [-0.15, -0.1) is 0 Å². The lowest BCUT2D eigenvalue weighted by atomic mass is 9.78. The topological polar surface area (TPSA) is 101 Å². The van der Waals surface area contributed by atoms with E-state index in [1.54, 1.807) is 9.80 Å². The van der Waals surface area contributed by atoms with E-state index in [2.05, 4.69) is 0 Å². The number of benzene rings is 3. The van der Waals surface area contributed by atoms with E-state index < -0.39 is 11.6 Å². The molecule has 0 aliphatic carbocycles. The van der Waals surface area contributed by atoms with Crippen LogP contribution in [0.2, 0.25) is 0 Å². The van der Waals surface area contributed by atoms with Crippen molar-refractivity contribution in [1.82, 2.24) is 4.90 Å². The largest absolute Gasteiger partial charge is 0.494 e. The number of ether oxygens (including phenoxy) is 3. The second-order valence-electron chi connectivity index (χ2n) is 10.4. The molecule has 1 fully saturated rings. The quantitative estimate of drug-likeness (QED) is 0.429. The lowest BCUT2D eigenvalue weighted by molar-refractivity contribution is -0.136. The SMILES string of the molecule is O=C(CN1C(=O)[C@@]2(Cc3ccccc31)N=C(c1ccc(OCCCO)cc1)O[C@H]2c1ccccc1)N1CCOCC1. The average molecular weight is 556 g/mol. The Morgan fingerprint density at radius 1 is 1.00 bits per heavy atom. The minimum absolute atomic E-state index is 0.0674. The maximum absolute atomic E-state index is 14.6. The van der Waals surface area contributed by atoms with Gasteiger partial charge in [-0.2, -0.15) is 0 Å². The summed E-state index contributed by atoms with van der Waals surface area (Å²) < 4.78 is 17.6. The highest BCUT2D eigenvalue weighted by molar-refractivity contribution is 6.10. The van der Waals surface area contributed by atoms with Crippen molar-refractivity contribution < 1.29 is 28.9 Å². The number of fused-ring (bicyclic) bond motifs is 1. The van der Waals surface area contributed by atoms with Gasteiger partial charge < -0.3 is 29.1 Å². The summed E-state index contributed by atoms with van der Waals surface area (Å²) in [6.45, 7) is 2.39. The molecule has 3 aromatic rings. The van der Waals surface area contributed by atoms with E-state index in [9.17, 15) is 9.59 Å². The van der Waals surface area contributed by atoms with Crippen molar-refractivity contribution in [2.24, 2.45) is 4.99 Å². The van der Waals surface area contributed by atoms with Crippen molar-refractivity contribution in [3.05, 3.63) is 95.6 Å². The van der Waals surface area contributed by atoms with E-state index in [4.69, 9.17) is 24.3 Å². The Bertz CT molecular complexity index is 1420. The third-order valence-corrected chi connectivity index (χ3v) is 7.75. The molecule has 2 atom stereocenters. The molecule has 9 nitrogen and oxygen atoms in total. The third kappa shape index (κ3) is 5.30. The van der Waals surface area contributed by atoms with E-state index >= 15 is 0 Å². The van der Waals surface area contributed by atoms with Gasteiger partial charge in [-0.1, -0.05) is 48.5 Å². The van der Waals surface area contributed by atoms with Gasteiger partial charge in [0.1, 0.15) is 12.3 Å². The summed E-state index contributed by atoms with van der Waals surface area (Å²) in [5.41, 5.74) is 1.93. The summed E-state index contributed by atoms with van der Waals surface area (Å²) in [6, 6.07) is 24.7. The van der Waals surface area contributed by atoms with E-state index in [0.29, 0.717) is 57.4 Å². The monoisotopic (exact) mass is 555 g/mol. The highest BCUT2D eigenvalue weighted by Gasteiger charge is 2.57. The smallest absolute Gasteiger partial charge is 0.260 e. The average Bonchev–Trinajstić information content (AvgIpc) is 3.40. The first-order chi connectivity index (χ1) is 20.1. The van der Waals surface area contributed by atoms with Gasteiger partial charge in [0.05, 0.1) is 19.8 Å². The normalized spacial score (nSPS) is 21.8. The minimum atomic E-state index is -1.29. The van der Waals surface area contributed by atoms with Crippen molar-refractivity contribution in [3.63, 3.8) is 0 Å². The summed E-state index contributed by atoms with van der Waals surface area (Å²) in [6.07, 6.45) is 0.212. The molecule has 1 N–H and O–H groups in total. The standard InChI is InChI=1S/C32H33N3O6/c36-17-6-18-40-26-13-11-24(12-14-26)30-33-32(29(41-30)23-7-2-1-3-8-23)21-25-9-4-5-10-27(25)35(31(32)38)22-28(37)34-15-19-39-20-16-34/h1-5,7-14,29,36H,6,15-22H2/t29-,32-/m0/s1. The van der Waals surface area contributed by atoms with Gasteiger partial charge in [0.2, 0.25) is 11.8 Å². The molecule has 3 aromatic carbocycles. The van der Waals surface area contributed by atoms with Gasteiger partial charge in [0.15, 0.2) is 11.6 Å². The van der Waals surface area contributed by atoms with Crippen molar-refractivity contribution in [1.29, 1.82) is 0 Å². The lowest BCUT2D eigenvalue weighted by Gasteiger charge is -2.41. The van der Waals surface area contributed by atoms with Crippen LogP contribution in [0.4, 0.5) is 5.69 Å². The zero-order chi connectivity index (χ0) is 28.2. The number of hydrogen-bond donors (Lipinski definition) is 1. The Balaban J connectivity index is 1.38. The molecule has 0 aromatic heterocycles. The number of morpholine rings is 1. The van der Waals surface area contributed by atoms with Crippen molar-refractivity contribution in [2.45, 2.75) is 24.5 Å². The molecule has 0 radical (unpaired) electrons. The Hall–Kier alpha value is -4.21. The first kappa shape index (κ1) is 27.0. The van der Waals surface area contributed by atoms with Crippen LogP contribution in [-0.4, -0.2) is 79.3 Å². The molecule has 0 unspecified atom stereocenters.